The predicted octanol–water partition coefficient (Wildman–Crippen LogP) is 2.95. The van der Waals surface area contributed by atoms with E-state index in [0.29, 0.717) is 0 Å². The van der Waals surface area contributed by atoms with Crippen LogP contribution in [0.1, 0.15) is 30.2 Å². The fraction of sp³-hybridized carbons (Fsp3) is 0.556. The molecule has 1 atom stereocenters. The zero-order valence-electron chi connectivity index (χ0n) is 7.91. The van der Waals surface area contributed by atoms with Gasteiger partial charge in [0.1, 0.15) is 0 Å². The zero-order chi connectivity index (χ0) is 9.68. The first kappa shape index (κ1) is 14.2. The summed E-state index contributed by atoms with van der Waals surface area (Å²) in [5, 5.41) is 0. The lowest BCUT2D eigenvalue weighted by Crippen LogP contribution is -2.09. The van der Waals surface area contributed by atoms with Gasteiger partial charge in [0.25, 0.3) is 0 Å². The van der Waals surface area contributed by atoms with Gasteiger partial charge in [-0.15, -0.1) is 23.7 Å². The molecule has 1 heterocycles. The van der Waals surface area contributed by atoms with E-state index in [9.17, 15) is 0 Å². The number of hydrogen-bond acceptors (Lipinski definition) is 3. The summed E-state index contributed by atoms with van der Waals surface area (Å²) < 4.78 is 0.810. The van der Waals surface area contributed by atoms with Gasteiger partial charge in [0.2, 0.25) is 0 Å². The Morgan fingerprint density at radius 2 is 2.07 bits per heavy atom. The summed E-state index contributed by atoms with van der Waals surface area (Å²) in [6.45, 7) is 0.748. The number of halogens is 2. The highest BCUT2D eigenvalue weighted by molar-refractivity contribution is 7.16. The van der Waals surface area contributed by atoms with Gasteiger partial charge in [0.15, 0.2) is 0 Å². The Bertz CT molecular complexity index is 253. The fourth-order valence-corrected chi connectivity index (χ4v) is 2.28. The largest absolute Gasteiger partial charge is 0.330 e. The average Bonchev–Trinajstić information content (AvgIpc) is 2.52. The summed E-state index contributed by atoms with van der Waals surface area (Å²) in [5.74, 6) is 0. The van der Waals surface area contributed by atoms with Crippen LogP contribution in [0.4, 0.5) is 0 Å². The molecule has 0 saturated carbocycles. The van der Waals surface area contributed by atoms with E-state index in [1.807, 2.05) is 12.1 Å². The van der Waals surface area contributed by atoms with Crippen molar-refractivity contribution in [3.8, 4) is 0 Å². The van der Waals surface area contributed by atoms with Crippen molar-refractivity contribution in [1.29, 1.82) is 0 Å². The second-order valence-electron chi connectivity index (χ2n) is 3.03. The third-order valence-corrected chi connectivity index (χ3v) is 3.29. The molecule has 0 bridgehead atoms. The third-order valence-electron chi connectivity index (χ3n) is 1.93. The number of rotatable bonds is 5. The highest BCUT2D eigenvalue weighted by Crippen LogP contribution is 2.27. The van der Waals surface area contributed by atoms with E-state index in [1.54, 1.807) is 11.3 Å². The van der Waals surface area contributed by atoms with E-state index in [2.05, 4.69) is 0 Å². The van der Waals surface area contributed by atoms with Gasteiger partial charge in [-0.1, -0.05) is 18.0 Å². The lowest BCUT2D eigenvalue weighted by Gasteiger charge is -2.07. The van der Waals surface area contributed by atoms with Gasteiger partial charge < -0.3 is 11.5 Å². The maximum atomic E-state index is 5.96. The van der Waals surface area contributed by atoms with E-state index in [4.69, 9.17) is 23.1 Å². The quantitative estimate of drug-likeness (QED) is 0.795. The van der Waals surface area contributed by atoms with Gasteiger partial charge in [0.05, 0.1) is 4.34 Å². The van der Waals surface area contributed by atoms with Crippen LogP contribution < -0.4 is 11.5 Å². The van der Waals surface area contributed by atoms with Crippen LogP contribution >= 0.6 is 35.3 Å². The Kier molecular flexibility index (Phi) is 7.59. The predicted molar refractivity (Wildman–Crippen MR) is 66.4 cm³/mol. The lowest BCUT2D eigenvalue weighted by molar-refractivity contribution is 0.598. The molecule has 0 aliphatic rings. The summed E-state index contributed by atoms with van der Waals surface area (Å²) in [7, 11) is 0. The summed E-state index contributed by atoms with van der Waals surface area (Å²) in [6, 6.07) is 4.02. The van der Waals surface area contributed by atoms with Crippen LogP contribution in [0.3, 0.4) is 0 Å². The molecular formula is C9H16Cl2N2S. The molecular weight excluding hydrogens is 239 g/mol. The number of hydrogen-bond donors (Lipinski definition) is 2. The highest BCUT2D eigenvalue weighted by atomic mass is 35.5. The minimum absolute atomic E-state index is 0. The van der Waals surface area contributed by atoms with Crippen molar-refractivity contribution in [2.45, 2.75) is 25.3 Å². The average molecular weight is 255 g/mol. The van der Waals surface area contributed by atoms with Crippen LogP contribution in [-0.2, 0) is 0 Å². The van der Waals surface area contributed by atoms with Crippen molar-refractivity contribution in [3.63, 3.8) is 0 Å². The molecule has 0 aliphatic heterocycles. The monoisotopic (exact) mass is 254 g/mol. The van der Waals surface area contributed by atoms with E-state index >= 15 is 0 Å². The lowest BCUT2D eigenvalue weighted by atomic mass is 10.1. The molecule has 2 nitrogen and oxygen atoms in total. The third kappa shape index (κ3) is 4.62. The summed E-state index contributed by atoms with van der Waals surface area (Å²) in [4.78, 5) is 1.17. The first-order chi connectivity index (χ1) is 6.24. The molecule has 0 fully saturated rings. The van der Waals surface area contributed by atoms with Crippen LogP contribution in [0.15, 0.2) is 12.1 Å². The van der Waals surface area contributed by atoms with Crippen molar-refractivity contribution in [2.24, 2.45) is 11.5 Å². The van der Waals surface area contributed by atoms with E-state index < -0.39 is 0 Å². The van der Waals surface area contributed by atoms with E-state index in [0.717, 1.165) is 30.1 Å². The van der Waals surface area contributed by atoms with Crippen molar-refractivity contribution in [2.75, 3.05) is 6.54 Å². The molecule has 0 saturated heterocycles. The summed E-state index contributed by atoms with van der Waals surface area (Å²) in [6.07, 6.45) is 3.13. The molecule has 82 valence electrons. The van der Waals surface area contributed by atoms with Crippen LogP contribution in [0, 0.1) is 0 Å². The highest BCUT2D eigenvalue weighted by Gasteiger charge is 2.07. The van der Waals surface area contributed by atoms with Gasteiger partial charge in [0, 0.05) is 10.9 Å². The molecule has 5 heteroatoms. The second kappa shape index (κ2) is 7.49. The van der Waals surface area contributed by atoms with Crippen molar-refractivity contribution >= 4 is 35.3 Å². The first-order valence-electron chi connectivity index (χ1n) is 4.45. The van der Waals surface area contributed by atoms with Crippen molar-refractivity contribution in [1.82, 2.24) is 0 Å². The standard InChI is InChI=1S/C9H15ClN2S.ClH/c10-9-5-4-8(13-9)7(12)3-1-2-6-11;/h4-5,7H,1-3,6,11-12H2;1H/t7-;/m1./s1. The maximum Gasteiger partial charge on any atom is 0.0931 e. The molecule has 1 aromatic rings. The van der Waals surface area contributed by atoms with E-state index in [1.165, 1.54) is 4.88 Å². The van der Waals surface area contributed by atoms with E-state index in [-0.39, 0.29) is 18.4 Å². The molecule has 1 rings (SSSR count). The Morgan fingerprint density at radius 3 is 2.57 bits per heavy atom. The normalized spacial score (nSPS) is 12.2. The second-order valence-corrected chi connectivity index (χ2v) is 4.78. The van der Waals surface area contributed by atoms with Gasteiger partial charge in [-0.05, 0) is 31.5 Å². The van der Waals surface area contributed by atoms with Crippen LogP contribution in [0.5, 0.6) is 0 Å². The number of nitrogens with two attached hydrogens (primary N) is 2. The molecule has 14 heavy (non-hydrogen) atoms. The minimum atomic E-state index is 0. The Hall–Kier alpha value is 0.200. The first-order valence-corrected chi connectivity index (χ1v) is 5.64. The summed E-state index contributed by atoms with van der Waals surface area (Å²) >= 11 is 7.37. The van der Waals surface area contributed by atoms with Gasteiger partial charge in [-0.3, -0.25) is 0 Å². The number of unbranched alkanes of at least 4 members (excludes halogenated alkanes) is 1. The fourth-order valence-electron chi connectivity index (χ4n) is 1.18. The molecule has 0 spiro atoms. The SMILES string of the molecule is Cl.NCCCC[C@@H](N)c1ccc(Cl)s1. The summed E-state index contributed by atoms with van der Waals surface area (Å²) in [5.41, 5.74) is 11.4. The van der Waals surface area contributed by atoms with Gasteiger partial charge in [-0.2, -0.15) is 0 Å². The van der Waals surface area contributed by atoms with Crippen LogP contribution in [-0.4, -0.2) is 6.54 Å². The smallest absolute Gasteiger partial charge is 0.0931 e. The van der Waals surface area contributed by atoms with Crippen LogP contribution in [0.25, 0.3) is 0 Å². The van der Waals surface area contributed by atoms with Crippen molar-refractivity contribution < 1.29 is 0 Å². The number of thiophene rings is 1. The van der Waals surface area contributed by atoms with Gasteiger partial charge >= 0.3 is 0 Å². The topological polar surface area (TPSA) is 52.0 Å². The minimum Gasteiger partial charge on any atom is -0.330 e. The van der Waals surface area contributed by atoms with Crippen molar-refractivity contribution in [3.05, 3.63) is 21.3 Å². The Morgan fingerprint density at radius 1 is 1.36 bits per heavy atom. The maximum absolute atomic E-state index is 5.96. The Labute approximate surface area is 100 Å². The molecule has 0 amide bonds. The molecule has 4 N–H and O–H groups in total. The Balaban J connectivity index is 0.00000169. The molecule has 0 aliphatic carbocycles. The zero-order valence-corrected chi connectivity index (χ0v) is 10.3. The molecule has 0 aromatic carbocycles. The molecule has 0 unspecified atom stereocenters. The van der Waals surface area contributed by atoms with Gasteiger partial charge in [-0.25, -0.2) is 0 Å². The van der Waals surface area contributed by atoms with Crippen LogP contribution in [0.2, 0.25) is 4.34 Å². The molecule has 1 aromatic heterocycles. The molecule has 0 radical (unpaired) electrons.